The first-order valence-corrected chi connectivity index (χ1v) is 10.2. The maximum Gasteiger partial charge on any atom is 0.262 e. The van der Waals surface area contributed by atoms with Crippen LogP contribution in [0, 0.1) is 12.7 Å². The Hall–Kier alpha value is -3.72. The molecule has 0 radical (unpaired) electrons. The van der Waals surface area contributed by atoms with Crippen LogP contribution in [-0.2, 0) is 10.0 Å². The van der Waals surface area contributed by atoms with E-state index in [1.807, 2.05) is 0 Å². The molecule has 0 aliphatic heterocycles. The molecule has 0 saturated carbocycles. The highest BCUT2D eigenvalue weighted by atomic mass is 32.2. The fourth-order valence-corrected chi connectivity index (χ4v) is 4.07. The highest BCUT2D eigenvalue weighted by molar-refractivity contribution is 7.92. The van der Waals surface area contributed by atoms with Crippen molar-refractivity contribution >= 4 is 33.2 Å². The predicted molar refractivity (Wildman–Crippen MR) is 111 cm³/mol. The van der Waals surface area contributed by atoms with Gasteiger partial charge in [0.1, 0.15) is 5.82 Å². The van der Waals surface area contributed by atoms with E-state index in [0.717, 1.165) is 6.07 Å². The van der Waals surface area contributed by atoms with E-state index in [-0.39, 0.29) is 27.4 Å². The summed E-state index contributed by atoms with van der Waals surface area (Å²) in [6.45, 7) is 1.58. The van der Waals surface area contributed by atoms with Gasteiger partial charge in [-0.15, -0.1) is 0 Å². The van der Waals surface area contributed by atoms with Crippen LogP contribution in [0.15, 0.2) is 71.6 Å². The Kier molecular flexibility index (Phi) is 5.84. The Morgan fingerprint density at radius 2 is 1.63 bits per heavy atom. The summed E-state index contributed by atoms with van der Waals surface area (Å²) in [6, 6.07) is 15.5. The smallest absolute Gasteiger partial charge is 0.262 e. The molecule has 30 heavy (non-hydrogen) atoms. The number of sulfonamides is 1. The minimum Gasteiger partial charge on any atom is -0.366 e. The van der Waals surface area contributed by atoms with Gasteiger partial charge in [-0.3, -0.25) is 14.3 Å². The lowest BCUT2D eigenvalue weighted by Gasteiger charge is -2.13. The number of anilines is 2. The fourth-order valence-electron chi connectivity index (χ4n) is 2.73. The summed E-state index contributed by atoms with van der Waals surface area (Å²) in [5.74, 6) is -1.93. The Morgan fingerprint density at radius 3 is 2.33 bits per heavy atom. The van der Waals surface area contributed by atoms with Gasteiger partial charge in [0.25, 0.3) is 15.9 Å². The zero-order valence-electron chi connectivity index (χ0n) is 15.8. The Morgan fingerprint density at radius 1 is 0.933 bits per heavy atom. The van der Waals surface area contributed by atoms with Crippen molar-refractivity contribution in [3.05, 3.63) is 89.2 Å². The minimum atomic E-state index is -4.11. The van der Waals surface area contributed by atoms with E-state index in [1.54, 1.807) is 6.92 Å². The molecular weight excluding hydrogens is 409 g/mol. The van der Waals surface area contributed by atoms with Crippen LogP contribution < -0.4 is 15.8 Å². The molecule has 0 saturated heterocycles. The molecule has 0 spiro atoms. The van der Waals surface area contributed by atoms with Crippen molar-refractivity contribution in [3.63, 3.8) is 0 Å². The van der Waals surface area contributed by atoms with Crippen molar-refractivity contribution in [2.24, 2.45) is 5.73 Å². The lowest BCUT2D eigenvalue weighted by atomic mass is 10.1. The molecule has 9 heteroatoms. The molecule has 3 aromatic carbocycles. The third-order valence-electron chi connectivity index (χ3n) is 4.26. The molecule has 0 fully saturated rings. The molecule has 3 rings (SSSR count). The summed E-state index contributed by atoms with van der Waals surface area (Å²) in [6.07, 6.45) is 0. The lowest BCUT2D eigenvalue weighted by Crippen LogP contribution is -2.17. The standard InChI is InChI=1S/C21H18FN3O4S/c1-13-9-10-16(24-21(27)15-6-4-5-14(11-15)20(23)26)12-19(13)30(28,29)25-18-8-3-2-7-17(18)22/h2-12,25H,1H3,(H2,23,26)(H,24,27). The Labute approximate surface area is 172 Å². The first kappa shape index (κ1) is 21.0. The number of amides is 2. The second kappa shape index (κ2) is 8.34. The van der Waals surface area contributed by atoms with Crippen LogP contribution in [-0.4, -0.2) is 20.2 Å². The van der Waals surface area contributed by atoms with Gasteiger partial charge in [0.05, 0.1) is 10.6 Å². The lowest BCUT2D eigenvalue weighted by molar-refractivity contribution is 0.1000. The number of carbonyl (C=O) groups excluding carboxylic acids is 2. The monoisotopic (exact) mass is 427 g/mol. The summed E-state index contributed by atoms with van der Waals surface area (Å²) in [4.78, 5) is 23.7. The first-order valence-electron chi connectivity index (χ1n) is 8.76. The van der Waals surface area contributed by atoms with Crippen LogP contribution in [0.4, 0.5) is 15.8 Å². The van der Waals surface area contributed by atoms with Gasteiger partial charge in [-0.25, -0.2) is 12.8 Å². The SMILES string of the molecule is Cc1ccc(NC(=O)c2cccc(C(N)=O)c2)cc1S(=O)(=O)Nc1ccccc1F. The topological polar surface area (TPSA) is 118 Å². The molecule has 0 bridgehead atoms. The number of aryl methyl sites for hydroxylation is 1. The third kappa shape index (κ3) is 4.64. The number of hydrogen-bond donors (Lipinski definition) is 3. The summed E-state index contributed by atoms with van der Waals surface area (Å²) < 4.78 is 41.6. The van der Waals surface area contributed by atoms with E-state index < -0.39 is 27.7 Å². The first-order chi connectivity index (χ1) is 14.2. The van der Waals surface area contributed by atoms with E-state index >= 15 is 0 Å². The highest BCUT2D eigenvalue weighted by Crippen LogP contribution is 2.24. The molecule has 4 N–H and O–H groups in total. The van der Waals surface area contributed by atoms with Crippen LogP contribution in [0.2, 0.25) is 0 Å². The van der Waals surface area contributed by atoms with E-state index in [1.165, 1.54) is 60.7 Å². The van der Waals surface area contributed by atoms with Gasteiger partial charge in [0.2, 0.25) is 5.91 Å². The molecule has 0 atom stereocenters. The number of para-hydroxylation sites is 1. The van der Waals surface area contributed by atoms with E-state index in [0.29, 0.717) is 5.56 Å². The molecule has 0 heterocycles. The van der Waals surface area contributed by atoms with Crippen LogP contribution in [0.25, 0.3) is 0 Å². The van der Waals surface area contributed by atoms with Crippen LogP contribution in [0.1, 0.15) is 26.3 Å². The number of halogens is 1. The largest absolute Gasteiger partial charge is 0.366 e. The van der Waals surface area contributed by atoms with Crippen molar-refractivity contribution in [1.29, 1.82) is 0 Å². The summed E-state index contributed by atoms with van der Waals surface area (Å²) >= 11 is 0. The molecule has 0 aromatic heterocycles. The molecule has 2 amide bonds. The summed E-state index contributed by atoms with van der Waals surface area (Å²) in [5.41, 5.74) is 6.01. The normalized spacial score (nSPS) is 11.0. The van der Waals surface area contributed by atoms with E-state index in [4.69, 9.17) is 5.73 Å². The van der Waals surface area contributed by atoms with Crippen molar-refractivity contribution in [3.8, 4) is 0 Å². The summed E-state index contributed by atoms with van der Waals surface area (Å²) in [7, 11) is -4.11. The molecular formula is C21H18FN3O4S. The number of benzene rings is 3. The minimum absolute atomic E-state index is 0.116. The average molecular weight is 427 g/mol. The van der Waals surface area contributed by atoms with Gasteiger partial charge < -0.3 is 11.1 Å². The number of nitrogens with two attached hydrogens (primary N) is 1. The third-order valence-corrected chi connectivity index (χ3v) is 5.77. The van der Waals surface area contributed by atoms with Crippen LogP contribution >= 0.6 is 0 Å². The van der Waals surface area contributed by atoms with Crippen molar-refractivity contribution in [2.75, 3.05) is 10.0 Å². The van der Waals surface area contributed by atoms with E-state index in [2.05, 4.69) is 10.0 Å². The van der Waals surface area contributed by atoms with Crippen molar-refractivity contribution in [2.45, 2.75) is 11.8 Å². The van der Waals surface area contributed by atoms with Gasteiger partial charge in [-0.1, -0.05) is 24.3 Å². The molecule has 0 aliphatic carbocycles. The highest BCUT2D eigenvalue weighted by Gasteiger charge is 2.20. The maximum atomic E-state index is 13.8. The van der Waals surface area contributed by atoms with Gasteiger partial charge in [-0.2, -0.15) is 0 Å². The number of hydrogen-bond acceptors (Lipinski definition) is 4. The molecule has 0 aliphatic rings. The second-order valence-electron chi connectivity index (χ2n) is 6.46. The maximum absolute atomic E-state index is 13.8. The van der Waals surface area contributed by atoms with Gasteiger partial charge in [0.15, 0.2) is 0 Å². The van der Waals surface area contributed by atoms with Crippen LogP contribution in [0.3, 0.4) is 0 Å². The zero-order chi connectivity index (χ0) is 21.9. The molecule has 0 unspecified atom stereocenters. The van der Waals surface area contributed by atoms with Crippen molar-refractivity contribution in [1.82, 2.24) is 0 Å². The fraction of sp³-hybridized carbons (Fsp3) is 0.0476. The summed E-state index contributed by atoms with van der Waals surface area (Å²) in [5, 5.41) is 2.58. The number of carbonyl (C=O) groups is 2. The second-order valence-corrected chi connectivity index (χ2v) is 8.12. The number of nitrogens with one attached hydrogen (secondary N) is 2. The average Bonchev–Trinajstić information content (AvgIpc) is 2.71. The molecule has 3 aromatic rings. The number of rotatable bonds is 6. The molecule has 154 valence electrons. The van der Waals surface area contributed by atoms with E-state index in [9.17, 15) is 22.4 Å². The Bertz CT molecular complexity index is 1240. The predicted octanol–water partition coefficient (Wildman–Crippen LogP) is 3.29. The van der Waals surface area contributed by atoms with Crippen LogP contribution in [0.5, 0.6) is 0 Å². The zero-order valence-corrected chi connectivity index (χ0v) is 16.7. The Balaban J connectivity index is 1.88. The van der Waals surface area contributed by atoms with Gasteiger partial charge >= 0.3 is 0 Å². The van der Waals surface area contributed by atoms with Gasteiger partial charge in [-0.05, 0) is 55.0 Å². The van der Waals surface area contributed by atoms with Crippen molar-refractivity contribution < 1.29 is 22.4 Å². The quantitative estimate of drug-likeness (QED) is 0.559. The molecule has 7 nitrogen and oxygen atoms in total. The number of primary amides is 1. The van der Waals surface area contributed by atoms with Gasteiger partial charge in [0, 0.05) is 16.8 Å².